The maximum atomic E-state index is 11.7. The summed E-state index contributed by atoms with van der Waals surface area (Å²) >= 11 is 1.49. The van der Waals surface area contributed by atoms with Crippen LogP contribution in [0.3, 0.4) is 0 Å². The minimum atomic E-state index is -3.29. The van der Waals surface area contributed by atoms with Gasteiger partial charge < -0.3 is 5.32 Å². The number of aromatic nitrogens is 2. The fourth-order valence-corrected chi connectivity index (χ4v) is 3.19. The molecule has 2 aromatic heterocycles. The minimum Gasteiger partial charge on any atom is -0.355 e. The van der Waals surface area contributed by atoms with Gasteiger partial charge in [0.2, 0.25) is 15.9 Å². The molecule has 2 N–H and O–H groups in total. The van der Waals surface area contributed by atoms with Gasteiger partial charge in [0.25, 0.3) is 0 Å². The SMILES string of the molecule is CNS(=O)(=O)CCNC(=O)CCc1csc(-c2ccccn2)n1. The molecule has 9 heteroatoms. The number of carbonyl (C=O) groups is 1. The first-order chi connectivity index (χ1) is 11.0. The molecule has 0 aliphatic carbocycles. The van der Waals surface area contributed by atoms with Crippen molar-refractivity contribution in [1.82, 2.24) is 20.0 Å². The standard InChI is InChI=1S/C14H18N4O3S2/c1-15-23(20,21)9-8-17-13(19)6-5-11-10-22-14(18-11)12-4-2-3-7-16-12/h2-4,7,10,15H,5-6,8-9H2,1H3,(H,17,19). The minimum absolute atomic E-state index is 0.0955. The van der Waals surface area contributed by atoms with E-state index in [1.165, 1.54) is 18.4 Å². The molecule has 0 atom stereocenters. The molecule has 23 heavy (non-hydrogen) atoms. The van der Waals surface area contributed by atoms with E-state index in [4.69, 9.17) is 0 Å². The van der Waals surface area contributed by atoms with Crippen LogP contribution in [0.5, 0.6) is 0 Å². The van der Waals surface area contributed by atoms with Gasteiger partial charge in [-0.15, -0.1) is 11.3 Å². The molecular weight excluding hydrogens is 336 g/mol. The van der Waals surface area contributed by atoms with Crippen LogP contribution in [0.1, 0.15) is 12.1 Å². The highest BCUT2D eigenvalue weighted by atomic mass is 32.2. The molecule has 0 unspecified atom stereocenters. The van der Waals surface area contributed by atoms with Crippen molar-refractivity contribution in [1.29, 1.82) is 0 Å². The summed E-state index contributed by atoms with van der Waals surface area (Å²) in [7, 11) is -1.95. The third-order valence-electron chi connectivity index (χ3n) is 3.05. The highest BCUT2D eigenvalue weighted by molar-refractivity contribution is 7.89. The predicted molar refractivity (Wildman–Crippen MR) is 89.5 cm³/mol. The van der Waals surface area contributed by atoms with E-state index < -0.39 is 10.0 Å². The van der Waals surface area contributed by atoms with E-state index in [0.717, 1.165) is 16.4 Å². The second kappa shape index (κ2) is 8.14. The summed E-state index contributed by atoms with van der Waals surface area (Å²) in [5.74, 6) is -0.320. The fourth-order valence-electron chi connectivity index (χ4n) is 1.79. The molecule has 1 amide bonds. The Morgan fingerprint density at radius 2 is 2.17 bits per heavy atom. The van der Waals surface area contributed by atoms with E-state index in [9.17, 15) is 13.2 Å². The summed E-state index contributed by atoms with van der Waals surface area (Å²) in [6, 6.07) is 5.63. The van der Waals surface area contributed by atoms with Gasteiger partial charge in [0.15, 0.2) is 0 Å². The zero-order chi connectivity index (χ0) is 16.7. The van der Waals surface area contributed by atoms with Crippen molar-refractivity contribution in [2.75, 3.05) is 19.3 Å². The Hall–Kier alpha value is -1.84. The maximum absolute atomic E-state index is 11.7. The Balaban J connectivity index is 1.78. The molecule has 7 nitrogen and oxygen atoms in total. The number of thiazole rings is 1. The average molecular weight is 354 g/mol. The van der Waals surface area contributed by atoms with Crippen LogP contribution in [-0.2, 0) is 21.2 Å². The van der Waals surface area contributed by atoms with Gasteiger partial charge in [0.1, 0.15) is 5.01 Å². The fraction of sp³-hybridized carbons (Fsp3) is 0.357. The summed E-state index contributed by atoms with van der Waals surface area (Å²) in [6.45, 7) is 0.0955. The molecule has 0 aliphatic heterocycles. The second-order valence-electron chi connectivity index (χ2n) is 4.73. The Bertz CT molecular complexity index is 744. The van der Waals surface area contributed by atoms with Gasteiger partial charge in [-0.2, -0.15) is 0 Å². The van der Waals surface area contributed by atoms with Crippen LogP contribution in [0.15, 0.2) is 29.8 Å². The monoisotopic (exact) mass is 354 g/mol. The number of nitrogens with one attached hydrogen (secondary N) is 2. The largest absolute Gasteiger partial charge is 0.355 e. The van der Waals surface area contributed by atoms with E-state index in [2.05, 4.69) is 20.0 Å². The first-order valence-electron chi connectivity index (χ1n) is 7.04. The Morgan fingerprint density at radius 3 is 2.87 bits per heavy atom. The van der Waals surface area contributed by atoms with E-state index in [1.54, 1.807) is 6.20 Å². The van der Waals surface area contributed by atoms with Crippen molar-refractivity contribution >= 4 is 27.3 Å². The van der Waals surface area contributed by atoms with Crippen molar-refractivity contribution < 1.29 is 13.2 Å². The molecule has 0 fully saturated rings. The number of carbonyl (C=O) groups excluding carboxylic acids is 1. The topological polar surface area (TPSA) is 101 Å². The molecular formula is C14H18N4O3S2. The summed E-state index contributed by atoms with van der Waals surface area (Å²) in [5.41, 5.74) is 1.64. The lowest BCUT2D eigenvalue weighted by Crippen LogP contribution is -2.33. The summed E-state index contributed by atoms with van der Waals surface area (Å²) in [5, 5.41) is 5.31. The van der Waals surface area contributed by atoms with Gasteiger partial charge in [-0.3, -0.25) is 9.78 Å². The van der Waals surface area contributed by atoms with Crippen LogP contribution in [0.2, 0.25) is 0 Å². The lowest BCUT2D eigenvalue weighted by atomic mass is 10.2. The quantitative estimate of drug-likeness (QED) is 0.730. The number of nitrogens with zero attached hydrogens (tertiary/aromatic N) is 2. The van der Waals surface area contributed by atoms with Crippen molar-refractivity contribution in [2.24, 2.45) is 0 Å². The third-order valence-corrected chi connectivity index (χ3v) is 5.33. The Morgan fingerprint density at radius 1 is 1.35 bits per heavy atom. The van der Waals surface area contributed by atoms with Crippen LogP contribution < -0.4 is 10.0 Å². The summed E-state index contributed by atoms with van der Waals surface area (Å²) in [4.78, 5) is 20.4. The third kappa shape index (κ3) is 5.70. The maximum Gasteiger partial charge on any atom is 0.220 e. The second-order valence-corrected chi connectivity index (χ2v) is 7.64. The van der Waals surface area contributed by atoms with Crippen LogP contribution in [0, 0.1) is 0 Å². The predicted octanol–water partition coefficient (Wildman–Crippen LogP) is 0.803. The van der Waals surface area contributed by atoms with E-state index in [-0.39, 0.29) is 24.6 Å². The number of hydrogen-bond acceptors (Lipinski definition) is 6. The zero-order valence-corrected chi connectivity index (χ0v) is 14.3. The molecule has 0 saturated heterocycles. The van der Waals surface area contributed by atoms with E-state index in [1.807, 2.05) is 23.6 Å². The number of hydrogen-bond donors (Lipinski definition) is 2. The highest BCUT2D eigenvalue weighted by Gasteiger charge is 2.10. The summed E-state index contributed by atoms with van der Waals surface area (Å²) in [6.07, 6.45) is 2.49. The number of aryl methyl sites for hydroxylation is 1. The number of sulfonamides is 1. The number of pyridine rings is 1. The lowest BCUT2D eigenvalue weighted by molar-refractivity contribution is -0.120. The highest BCUT2D eigenvalue weighted by Crippen LogP contribution is 2.21. The van der Waals surface area contributed by atoms with Gasteiger partial charge >= 0.3 is 0 Å². The van der Waals surface area contributed by atoms with Gasteiger partial charge in [-0.25, -0.2) is 18.1 Å². The van der Waals surface area contributed by atoms with Crippen molar-refractivity contribution in [2.45, 2.75) is 12.8 Å². The van der Waals surface area contributed by atoms with Crippen LogP contribution in [0.25, 0.3) is 10.7 Å². The molecule has 2 aromatic rings. The van der Waals surface area contributed by atoms with Gasteiger partial charge in [-0.1, -0.05) is 6.07 Å². The van der Waals surface area contributed by atoms with Crippen LogP contribution in [0.4, 0.5) is 0 Å². The smallest absolute Gasteiger partial charge is 0.220 e. The van der Waals surface area contributed by atoms with E-state index >= 15 is 0 Å². The van der Waals surface area contributed by atoms with Crippen molar-refractivity contribution in [3.05, 3.63) is 35.5 Å². The molecule has 0 saturated carbocycles. The van der Waals surface area contributed by atoms with Crippen LogP contribution in [-0.4, -0.2) is 43.6 Å². The molecule has 0 radical (unpaired) electrons. The Labute approximate surface area is 139 Å². The number of rotatable bonds is 8. The van der Waals surface area contributed by atoms with E-state index in [0.29, 0.717) is 6.42 Å². The van der Waals surface area contributed by atoms with Crippen molar-refractivity contribution in [3.63, 3.8) is 0 Å². The molecule has 0 aliphatic rings. The van der Waals surface area contributed by atoms with Crippen molar-refractivity contribution in [3.8, 4) is 10.7 Å². The van der Waals surface area contributed by atoms with Crippen LogP contribution >= 0.6 is 11.3 Å². The van der Waals surface area contributed by atoms with Gasteiger partial charge in [0, 0.05) is 24.5 Å². The molecule has 2 heterocycles. The lowest BCUT2D eigenvalue weighted by Gasteiger charge is -2.04. The zero-order valence-electron chi connectivity index (χ0n) is 12.7. The van der Waals surface area contributed by atoms with Gasteiger partial charge in [0.05, 0.1) is 17.1 Å². The Kier molecular flexibility index (Phi) is 6.20. The average Bonchev–Trinajstić information content (AvgIpc) is 3.03. The molecule has 124 valence electrons. The normalized spacial score (nSPS) is 11.3. The molecule has 2 rings (SSSR count). The first kappa shape index (κ1) is 17.5. The summed E-state index contributed by atoms with van der Waals surface area (Å²) < 4.78 is 24.6. The molecule has 0 bridgehead atoms. The molecule has 0 aromatic carbocycles. The number of amides is 1. The van der Waals surface area contributed by atoms with Gasteiger partial charge in [-0.05, 0) is 25.6 Å². The molecule has 0 spiro atoms. The first-order valence-corrected chi connectivity index (χ1v) is 9.57.